The third kappa shape index (κ3) is 2.67. The summed E-state index contributed by atoms with van der Waals surface area (Å²) in [7, 11) is 1.68. The average molecular weight is 281 g/mol. The number of alkyl halides is 1. The summed E-state index contributed by atoms with van der Waals surface area (Å²) in [6.07, 6.45) is 2.57. The Labute approximate surface area is 103 Å². The Hall–Kier alpha value is -1.22. The zero-order valence-corrected chi connectivity index (χ0v) is 10.6. The van der Waals surface area contributed by atoms with E-state index in [0.29, 0.717) is 0 Å². The molecule has 1 unspecified atom stereocenters. The summed E-state index contributed by atoms with van der Waals surface area (Å²) >= 11 is 3.61. The van der Waals surface area contributed by atoms with Crippen molar-refractivity contribution in [2.24, 2.45) is 0 Å². The lowest BCUT2D eigenvalue weighted by atomic mass is 10.1. The van der Waals surface area contributed by atoms with Crippen LogP contribution in [0, 0.1) is 0 Å². The van der Waals surface area contributed by atoms with E-state index < -0.39 is 0 Å². The van der Waals surface area contributed by atoms with Crippen molar-refractivity contribution in [2.75, 3.05) is 7.11 Å². The van der Waals surface area contributed by atoms with Crippen molar-refractivity contribution in [1.29, 1.82) is 0 Å². The van der Waals surface area contributed by atoms with E-state index in [9.17, 15) is 0 Å². The first-order valence-electron chi connectivity index (χ1n) is 5.10. The topological polar surface area (TPSA) is 22.4 Å². The van der Waals surface area contributed by atoms with E-state index in [-0.39, 0.29) is 4.83 Å². The smallest absolute Gasteiger partial charge is 0.119 e. The maximum atomic E-state index is 5.35. The van der Waals surface area contributed by atoms with Crippen LogP contribution in [0.1, 0.15) is 16.2 Å². The first kappa shape index (κ1) is 11.3. The lowest BCUT2D eigenvalue weighted by molar-refractivity contribution is 0.414. The Morgan fingerprint density at radius 1 is 1.31 bits per heavy atom. The first-order chi connectivity index (χ1) is 7.79. The molecule has 1 aromatic carbocycles. The zero-order valence-electron chi connectivity index (χ0n) is 9.02. The molecule has 1 atom stereocenters. The summed E-state index contributed by atoms with van der Waals surface area (Å²) in [4.78, 5) is 0.203. The molecule has 2 nitrogen and oxygen atoms in total. The predicted octanol–water partition coefficient (Wildman–Crippen LogP) is 3.97. The Bertz CT molecular complexity index is 437. The van der Waals surface area contributed by atoms with Crippen molar-refractivity contribution in [3.63, 3.8) is 0 Å². The van der Waals surface area contributed by atoms with Gasteiger partial charge < -0.3 is 9.15 Å². The summed E-state index contributed by atoms with van der Waals surface area (Å²) in [6, 6.07) is 11.9. The molecule has 16 heavy (non-hydrogen) atoms. The molecule has 0 spiro atoms. The molecular formula is C13H13BrO2. The monoisotopic (exact) mass is 280 g/mol. The molecule has 1 aromatic heterocycles. The number of benzene rings is 1. The highest BCUT2D eigenvalue weighted by molar-refractivity contribution is 9.09. The van der Waals surface area contributed by atoms with Crippen molar-refractivity contribution in [2.45, 2.75) is 11.2 Å². The molecule has 0 aliphatic heterocycles. The Kier molecular flexibility index (Phi) is 3.67. The molecule has 0 radical (unpaired) electrons. The van der Waals surface area contributed by atoms with E-state index in [2.05, 4.69) is 22.0 Å². The molecule has 0 amide bonds. The van der Waals surface area contributed by atoms with Gasteiger partial charge in [-0.3, -0.25) is 0 Å². The number of furan rings is 1. The molecule has 0 aliphatic carbocycles. The van der Waals surface area contributed by atoms with Gasteiger partial charge in [0.1, 0.15) is 11.5 Å². The Morgan fingerprint density at radius 3 is 2.88 bits per heavy atom. The lowest BCUT2D eigenvalue weighted by Gasteiger charge is -2.08. The molecular weight excluding hydrogens is 268 g/mol. The van der Waals surface area contributed by atoms with Gasteiger partial charge in [0.25, 0.3) is 0 Å². The van der Waals surface area contributed by atoms with Crippen LogP contribution in [0.15, 0.2) is 47.1 Å². The highest BCUT2D eigenvalue weighted by atomic mass is 79.9. The van der Waals surface area contributed by atoms with Gasteiger partial charge in [-0.1, -0.05) is 28.1 Å². The number of rotatable bonds is 4. The van der Waals surface area contributed by atoms with E-state index in [0.717, 1.165) is 17.9 Å². The molecule has 0 fully saturated rings. The quantitative estimate of drug-likeness (QED) is 0.791. The van der Waals surface area contributed by atoms with E-state index in [1.165, 1.54) is 5.56 Å². The van der Waals surface area contributed by atoms with Gasteiger partial charge in [0.05, 0.1) is 18.2 Å². The van der Waals surface area contributed by atoms with Crippen LogP contribution in [-0.2, 0) is 6.42 Å². The maximum Gasteiger partial charge on any atom is 0.119 e. The summed E-state index contributed by atoms with van der Waals surface area (Å²) in [6.45, 7) is 0. The Balaban J connectivity index is 2.08. The fourth-order valence-corrected chi connectivity index (χ4v) is 2.21. The third-order valence-electron chi connectivity index (χ3n) is 2.40. The van der Waals surface area contributed by atoms with Crippen LogP contribution in [0.5, 0.6) is 5.75 Å². The molecule has 0 saturated heterocycles. The summed E-state index contributed by atoms with van der Waals surface area (Å²) < 4.78 is 10.5. The molecule has 84 valence electrons. The largest absolute Gasteiger partial charge is 0.497 e. The highest BCUT2D eigenvalue weighted by Gasteiger charge is 2.11. The van der Waals surface area contributed by atoms with Crippen LogP contribution in [-0.4, -0.2) is 7.11 Å². The minimum atomic E-state index is 0.203. The van der Waals surface area contributed by atoms with E-state index in [1.54, 1.807) is 13.4 Å². The normalized spacial score (nSPS) is 12.4. The molecule has 0 N–H and O–H groups in total. The molecule has 0 aliphatic rings. The Morgan fingerprint density at radius 2 is 2.19 bits per heavy atom. The second kappa shape index (κ2) is 5.21. The van der Waals surface area contributed by atoms with Gasteiger partial charge in [0.2, 0.25) is 0 Å². The number of hydrogen-bond donors (Lipinski definition) is 0. The van der Waals surface area contributed by atoms with Crippen molar-refractivity contribution >= 4 is 15.9 Å². The van der Waals surface area contributed by atoms with Crippen LogP contribution in [0.3, 0.4) is 0 Å². The third-order valence-corrected chi connectivity index (χ3v) is 3.18. The fraction of sp³-hybridized carbons (Fsp3) is 0.231. The van der Waals surface area contributed by atoms with Gasteiger partial charge in [-0.05, 0) is 36.2 Å². The van der Waals surface area contributed by atoms with Gasteiger partial charge in [-0.15, -0.1) is 0 Å². The molecule has 3 heteroatoms. The molecule has 2 aromatic rings. The van der Waals surface area contributed by atoms with E-state index >= 15 is 0 Å². The van der Waals surface area contributed by atoms with Crippen molar-refractivity contribution in [1.82, 2.24) is 0 Å². The number of halogens is 1. The minimum Gasteiger partial charge on any atom is -0.497 e. The predicted molar refractivity (Wildman–Crippen MR) is 67.1 cm³/mol. The van der Waals surface area contributed by atoms with Crippen LogP contribution in [0.25, 0.3) is 0 Å². The van der Waals surface area contributed by atoms with Crippen molar-refractivity contribution in [3.05, 3.63) is 54.0 Å². The highest BCUT2D eigenvalue weighted by Crippen LogP contribution is 2.28. The van der Waals surface area contributed by atoms with Crippen LogP contribution < -0.4 is 4.74 Å². The zero-order chi connectivity index (χ0) is 11.4. The second-order valence-corrected chi connectivity index (χ2v) is 4.64. The van der Waals surface area contributed by atoms with Gasteiger partial charge in [-0.25, -0.2) is 0 Å². The molecule has 1 heterocycles. The van der Waals surface area contributed by atoms with Crippen LogP contribution >= 0.6 is 15.9 Å². The van der Waals surface area contributed by atoms with Crippen LogP contribution in [0.2, 0.25) is 0 Å². The second-order valence-electron chi connectivity index (χ2n) is 3.54. The first-order valence-corrected chi connectivity index (χ1v) is 6.01. The molecule has 0 saturated carbocycles. The fourth-order valence-electron chi connectivity index (χ4n) is 1.58. The SMILES string of the molecule is COc1cccc(CC(Br)c2ccco2)c1. The van der Waals surface area contributed by atoms with Crippen molar-refractivity contribution in [3.8, 4) is 5.75 Å². The molecule has 2 rings (SSSR count). The number of hydrogen-bond acceptors (Lipinski definition) is 2. The van der Waals surface area contributed by atoms with Gasteiger partial charge in [0.15, 0.2) is 0 Å². The summed E-state index contributed by atoms with van der Waals surface area (Å²) in [5.41, 5.74) is 1.22. The van der Waals surface area contributed by atoms with E-state index in [1.807, 2.05) is 30.3 Å². The van der Waals surface area contributed by atoms with Gasteiger partial charge in [0, 0.05) is 0 Å². The van der Waals surface area contributed by atoms with Gasteiger partial charge >= 0.3 is 0 Å². The average Bonchev–Trinajstić information content (AvgIpc) is 2.83. The summed E-state index contributed by atoms with van der Waals surface area (Å²) in [5.74, 6) is 1.83. The number of ether oxygens (including phenoxy) is 1. The van der Waals surface area contributed by atoms with Crippen molar-refractivity contribution < 1.29 is 9.15 Å². The standard InChI is InChI=1S/C13H13BrO2/c1-15-11-5-2-4-10(8-11)9-12(14)13-6-3-7-16-13/h2-8,12H,9H2,1H3. The maximum absolute atomic E-state index is 5.35. The van der Waals surface area contributed by atoms with Crippen LogP contribution in [0.4, 0.5) is 0 Å². The minimum absolute atomic E-state index is 0.203. The summed E-state index contributed by atoms with van der Waals surface area (Å²) in [5, 5.41) is 0. The lowest BCUT2D eigenvalue weighted by Crippen LogP contribution is -1.94. The molecule has 0 bridgehead atoms. The van der Waals surface area contributed by atoms with Gasteiger partial charge in [-0.2, -0.15) is 0 Å². The number of methoxy groups -OCH3 is 1. The van der Waals surface area contributed by atoms with E-state index in [4.69, 9.17) is 9.15 Å².